The summed E-state index contributed by atoms with van der Waals surface area (Å²) >= 11 is 0. The average Bonchev–Trinajstić information content (AvgIpc) is 3.37. The Bertz CT molecular complexity index is 1010. The lowest BCUT2D eigenvalue weighted by Gasteiger charge is -2.51. The lowest BCUT2D eigenvalue weighted by molar-refractivity contribution is -0.256. The maximum Gasteiger partial charge on any atom is 0.333 e. The maximum absolute atomic E-state index is 12.1. The summed E-state index contributed by atoms with van der Waals surface area (Å²) in [6.07, 6.45) is 6.52. The van der Waals surface area contributed by atoms with Crippen LogP contribution in [0, 0.1) is 23.7 Å². The second-order valence-electron chi connectivity index (χ2n) is 13.0. The lowest BCUT2D eigenvalue weighted by Crippen LogP contribution is -2.60. The highest BCUT2D eigenvalue weighted by Gasteiger charge is 2.57. The molecule has 0 saturated carbocycles. The van der Waals surface area contributed by atoms with Crippen molar-refractivity contribution in [1.29, 1.82) is 0 Å². The molecule has 0 radical (unpaired) electrons. The summed E-state index contributed by atoms with van der Waals surface area (Å²) in [4.78, 5) is 24.2. The Labute approximate surface area is 236 Å². The van der Waals surface area contributed by atoms with Crippen molar-refractivity contribution in [3.63, 3.8) is 0 Å². The van der Waals surface area contributed by atoms with E-state index in [-0.39, 0.29) is 60.4 Å². The Balaban J connectivity index is 1.18. The molecule has 12 atom stereocenters. The van der Waals surface area contributed by atoms with Gasteiger partial charge in [0, 0.05) is 36.8 Å². The summed E-state index contributed by atoms with van der Waals surface area (Å²) in [5.41, 5.74) is 11.9. The van der Waals surface area contributed by atoms with Crippen LogP contribution < -0.4 is 11.5 Å². The Kier molecular flexibility index (Phi) is 7.21. The number of rotatable bonds is 3. The number of nitrogens with two attached hydrogens (primary N) is 2. The molecule has 10 heteroatoms. The van der Waals surface area contributed by atoms with Gasteiger partial charge in [-0.1, -0.05) is 27.7 Å². The highest BCUT2D eigenvalue weighted by molar-refractivity contribution is 5.87. The van der Waals surface area contributed by atoms with Crippen LogP contribution in [0.2, 0.25) is 0 Å². The second kappa shape index (κ2) is 10.3. The molecule has 2 unspecified atom stereocenters. The Morgan fingerprint density at radius 3 is 1.40 bits per heavy atom. The summed E-state index contributed by atoms with van der Waals surface area (Å²) in [7, 11) is 0. The number of hydrogen-bond donors (Lipinski definition) is 2. The van der Waals surface area contributed by atoms with E-state index in [9.17, 15) is 9.59 Å². The van der Waals surface area contributed by atoms with Crippen LogP contribution in [0.4, 0.5) is 0 Å². The van der Waals surface area contributed by atoms with E-state index in [4.69, 9.17) is 39.9 Å². The monoisotopic (exact) mass is 560 g/mol. The van der Waals surface area contributed by atoms with Crippen molar-refractivity contribution in [2.75, 3.05) is 13.2 Å². The van der Waals surface area contributed by atoms with Crippen LogP contribution in [0.15, 0.2) is 23.5 Å². The van der Waals surface area contributed by atoms with Gasteiger partial charge in [0.15, 0.2) is 11.2 Å². The van der Waals surface area contributed by atoms with Crippen LogP contribution in [-0.2, 0) is 38.0 Å². The third-order valence-electron chi connectivity index (χ3n) is 10.8. The summed E-state index contributed by atoms with van der Waals surface area (Å²) in [6.45, 7) is 9.45. The first kappa shape index (κ1) is 28.0. The predicted molar refractivity (Wildman–Crippen MR) is 143 cm³/mol. The van der Waals surface area contributed by atoms with Gasteiger partial charge in [0.05, 0.1) is 61.2 Å². The van der Waals surface area contributed by atoms with E-state index in [2.05, 4.69) is 13.8 Å². The Morgan fingerprint density at radius 2 is 1.05 bits per heavy atom. The number of ether oxygens (including phenoxy) is 6. The zero-order chi connectivity index (χ0) is 28.4. The molecule has 40 heavy (non-hydrogen) atoms. The molecule has 0 amide bonds. The quantitative estimate of drug-likeness (QED) is 0.495. The van der Waals surface area contributed by atoms with Crippen LogP contribution in [0.1, 0.15) is 66.2 Å². The van der Waals surface area contributed by atoms with E-state index >= 15 is 0 Å². The van der Waals surface area contributed by atoms with Crippen LogP contribution in [0.3, 0.4) is 0 Å². The van der Waals surface area contributed by atoms with Crippen LogP contribution in [-0.4, -0.2) is 73.0 Å². The molecule has 0 aromatic carbocycles. The van der Waals surface area contributed by atoms with Gasteiger partial charge >= 0.3 is 11.9 Å². The van der Waals surface area contributed by atoms with E-state index in [1.165, 1.54) is 12.2 Å². The van der Waals surface area contributed by atoms with Crippen molar-refractivity contribution in [3.05, 3.63) is 23.5 Å². The molecule has 6 aliphatic rings. The van der Waals surface area contributed by atoms with Gasteiger partial charge in [-0.3, -0.25) is 0 Å². The van der Waals surface area contributed by atoms with Gasteiger partial charge < -0.3 is 39.9 Å². The van der Waals surface area contributed by atoms with Gasteiger partial charge in [-0.15, -0.1) is 0 Å². The molecule has 6 rings (SSSR count). The van der Waals surface area contributed by atoms with Gasteiger partial charge in [0.25, 0.3) is 0 Å². The van der Waals surface area contributed by atoms with Crippen molar-refractivity contribution < 1.29 is 38.0 Å². The molecule has 4 saturated heterocycles. The number of carbonyl (C=O) groups excluding carboxylic acids is 2. The van der Waals surface area contributed by atoms with Crippen molar-refractivity contribution in [2.24, 2.45) is 35.1 Å². The summed E-state index contributed by atoms with van der Waals surface area (Å²) in [6, 6.07) is 0. The molecule has 222 valence electrons. The highest BCUT2D eigenvalue weighted by atomic mass is 16.6. The number of carbonyl (C=O) groups is 2. The molecule has 6 heterocycles. The molecule has 6 aliphatic heterocycles. The number of esters is 2. The molecule has 4 fully saturated rings. The molecule has 10 nitrogen and oxygen atoms in total. The van der Waals surface area contributed by atoms with Crippen molar-refractivity contribution in [3.8, 4) is 0 Å². The molecular weight excluding hydrogens is 516 g/mol. The predicted octanol–water partition coefficient (Wildman–Crippen LogP) is 2.48. The van der Waals surface area contributed by atoms with Crippen molar-refractivity contribution >= 4 is 11.9 Å². The molecule has 0 bridgehead atoms. The van der Waals surface area contributed by atoms with Crippen LogP contribution in [0.25, 0.3) is 0 Å². The van der Waals surface area contributed by atoms with E-state index < -0.39 is 11.2 Å². The maximum atomic E-state index is 12.1. The molecule has 4 N–H and O–H groups in total. The first-order chi connectivity index (χ1) is 19.1. The van der Waals surface area contributed by atoms with E-state index in [0.717, 1.165) is 25.7 Å². The SMILES string of the molecule is CC1[C@H]([C@H]2CC[C@H](C)[C@@H]([C@H]3O[C@@H]([C@@H]4OCC[C@@]5(OC(=O)C=C5N)C4C)CC[C@@H]3C)O2)OCC[C@@]12OC(=O)C=C2N. The molecule has 0 aliphatic carbocycles. The van der Waals surface area contributed by atoms with E-state index in [0.29, 0.717) is 49.3 Å². The Morgan fingerprint density at radius 1 is 0.650 bits per heavy atom. The minimum absolute atomic E-state index is 0.119. The zero-order valence-electron chi connectivity index (χ0n) is 24.0. The smallest absolute Gasteiger partial charge is 0.333 e. The third-order valence-corrected chi connectivity index (χ3v) is 10.8. The van der Waals surface area contributed by atoms with Crippen LogP contribution in [0.5, 0.6) is 0 Å². The van der Waals surface area contributed by atoms with Gasteiger partial charge in [-0.25, -0.2) is 9.59 Å². The molecule has 0 aromatic rings. The average molecular weight is 561 g/mol. The summed E-state index contributed by atoms with van der Waals surface area (Å²) in [5, 5.41) is 0. The minimum Gasteiger partial charge on any atom is -0.449 e. The topological polar surface area (TPSA) is 142 Å². The fourth-order valence-corrected chi connectivity index (χ4v) is 8.24. The van der Waals surface area contributed by atoms with Crippen molar-refractivity contribution in [1.82, 2.24) is 0 Å². The first-order valence-corrected chi connectivity index (χ1v) is 15.0. The fourth-order valence-electron chi connectivity index (χ4n) is 8.24. The zero-order valence-corrected chi connectivity index (χ0v) is 24.0. The van der Waals surface area contributed by atoms with Gasteiger partial charge in [-0.05, 0) is 37.5 Å². The Hall–Kier alpha value is -2.14. The van der Waals surface area contributed by atoms with Gasteiger partial charge in [0.2, 0.25) is 0 Å². The number of hydrogen-bond acceptors (Lipinski definition) is 10. The lowest BCUT2D eigenvalue weighted by atomic mass is 9.73. The summed E-state index contributed by atoms with van der Waals surface area (Å²) < 4.78 is 37.9. The standard InChI is InChI=1S/C30H44N2O8/c1-15-5-7-19(27-17(3)29(9-11-35-27)21(31)13-23(33)39-29)37-25(15)26-16(2)6-8-20(38-26)28-18(4)30(10-12-36-28)22(32)14-24(34)40-30/h13-20,25-28H,5-12,31-32H2,1-4H3/t15-,16-,17?,18?,19+,20+,25-,26-,27+,28+,29+,30+/m0/s1. The van der Waals surface area contributed by atoms with Gasteiger partial charge in [0.1, 0.15) is 0 Å². The van der Waals surface area contributed by atoms with E-state index in [1.807, 2.05) is 13.8 Å². The summed E-state index contributed by atoms with van der Waals surface area (Å²) in [5.74, 6) is -0.448. The largest absolute Gasteiger partial charge is 0.449 e. The van der Waals surface area contributed by atoms with Gasteiger partial charge in [-0.2, -0.15) is 0 Å². The molecule has 2 spiro atoms. The van der Waals surface area contributed by atoms with E-state index in [1.54, 1.807) is 0 Å². The highest BCUT2D eigenvalue weighted by Crippen LogP contribution is 2.47. The molecular formula is C30H44N2O8. The molecule has 0 aromatic heterocycles. The van der Waals surface area contributed by atoms with Crippen LogP contribution >= 0.6 is 0 Å². The van der Waals surface area contributed by atoms with Crippen molar-refractivity contribution in [2.45, 2.75) is 114 Å². The second-order valence-corrected chi connectivity index (χ2v) is 13.0. The first-order valence-electron chi connectivity index (χ1n) is 15.0. The third kappa shape index (κ3) is 4.37. The fraction of sp³-hybridized carbons (Fsp3) is 0.800. The minimum atomic E-state index is -0.827. The normalized spacial score (nSPS) is 49.5.